The number of hydrogen-bond donors (Lipinski definition) is 0. The number of ether oxygens (including phenoxy) is 3. The van der Waals surface area contributed by atoms with Crippen molar-refractivity contribution in [3.05, 3.63) is 59.9 Å². The number of alkyl halides is 1. The normalized spacial score (nSPS) is 19.4. The van der Waals surface area contributed by atoms with Gasteiger partial charge in [-0.15, -0.1) is 0 Å². The lowest BCUT2D eigenvalue weighted by Crippen LogP contribution is -2.45. The van der Waals surface area contributed by atoms with Gasteiger partial charge in [-0.3, -0.25) is 9.69 Å². The molecule has 0 amide bonds. The van der Waals surface area contributed by atoms with Gasteiger partial charge >= 0.3 is 6.01 Å². The molecule has 0 aliphatic carbocycles. The average molecular weight is 605 g/mol. The first kappa shape index (κ1) is 30.1. The molecular weight excluding hydrogens is 563 g/mol. The summed E-state index contributed by atoms with van der Waals surface area (Å²) in [4.78, 5) is 29.6. The van der Waals surface area contributed by atoms with Gasteiger partial charge < -0.3 is 28.9 Å². The van der Waals surface area contributed by atoms with Crippen molar-refractivity contribution in [1.82, 2.24) is 19.8 Å². The van der Waals surface area contributed by atoms with Crippen molar-refractivity contribution >= 4 is 28.6 Å². The number of hydrogen-bond acceptors (Lipinski definition) is 10. The lowest BCUT2D eigenvalue weighted by molar-refractivity contribution is -0.104. The highest BCUT2D eigenvalue weighted by atomic mass is 19.1. The van der Waals surface area contributed by atoms with E-state index in [4.69, 9.17) is 24.2 Å². The van der Waals surface area contributed by atoms with E-state index in [0.29, 0.717) is 38.7 Å². The molecule has 0 radical (unpaired) electrons. The number of piperazine rings is 1. The van der Waals surface area contributed by atoms with Gasteiger partial charge in [0.1, 0.15) is 30.6 Å². The standard InChI is InChI=1S/C33H41FN6O4/c1-42-24-44-27-20-25-6-2-3-8-28(25)31(21-27)40-12-9-29-30(23-40)35-33(43-19-17-38-10-4-7-26(34)22-38)36-32(29)39-15-13-37(14-16-39)11-5-18-41/h2-3,5-6,8,11,18,20-21,26H,4,7,9-10,12-17,19,22-24H2,1H3/t26-/m1/s1. The van der Waals surface area contributed by atoms with Gasteiger partial charge in [0.2, 0.25) is 0 Å². The number of carbonyl (C=O) groups excluding carboxylic acids is 1. The van der Waals surface area contributed by atoms with Crippen LogP contribution in [0.25, 0.3) is 10.8 Å². The molecule has 3 aliphatic rings. The van der Waals surface area contributed by atoms with Crippen molar-refractivity contribution < 1.29 is 23.4 Å². The smallest absolute Gasteiger partial charge is 0.318 e. The Morgan fingerprint density at radius 2 is 1.89 bits per heavy atom. The lowest BCUT2D eigenvalue weighted by atomic mass is 10.0. The molecule has 0 bridgehead atoms. The zero-order valence-electron chi connectivity index (χ0n) is 25.4. The van der Waals surface area contributed by atoms with E-state index in [1.165, 1.54) is 6.08 Å². The monoisotopic (exact) mass is 604 g/mol. The molecule has 4 heterocycles. The second-order valence-corrected chi connectivity index (χ2v) is 11.5. The van der Waals surface area contributed by atoms with E-state index in [1.807, 2.05) is 18.3 Å². The van der Waals surface area contributed by atoms with Crippen LogP contribution in [-0.4, -0.2) is 105 Å². The molecule has 0 saturated carbocycles. The van der Waals surface area contributed by atoms with E-state index in [1.54, 1.807) is 7.11 Å². The molecule has 1 aromatic heterocycles. The van der Waals surface area contributed by atoms with Crippen LogP contribution < -0.4 is 19.3 Å². The number of fused-ring (bicyclic) bond motifs is 2. The number of piperidine rings is 1. The maximum Gasteiger partial charge on any atom is 0.318 e. The summed E-state index contributed by atoms with van der Waals surface area (Å²) in [7, 11) is 1.62. The number of nitrogens with zero attached hydrogens (tertiary/aromatic N) is 6. The van der Waals surface area contributed by atoms with E-state index >= 15 is 0 Å². The van der Waals surface area contributed by atoms with Crippen molar-refractivity contribution in [3.63, 3.8) is 0 Å². The highest BCUT2D eigenvalue weighted by molar-refractivity contribution is 5.95. The number of aromatic nitrogens is 2. The minimum absolute atomic E-state index is 0.180. The molecule has 0 unspecified atom stereocenters. The van der Waals surface area contributed by atoms with Crippen LogP contribution >= 0.6 is 0 Å². The topological polar surface area (TPSA) is 83.5 Å². The second kappa shape index (κ2) is 14.2. The fourth-order valence-electron chi connectivity index (χ4n) is 6.36. The quantitative estimate of drug-likeness (QED) is 0.183. The number of rotatable bonds is 11. The zero-order valence-corrected chi connectivity index (χ0v) is 25.4. The summed E-state index contributed by atoms with van der Waals surface area (Å²) < 4.78 is 31.1. The molecule has 0 N–H and O–H groups in total. The van der Waals surface area contributed by atoms with Gasteiger partial charge in [-0.1, -0.05) is 24.3 Å². The fraction of sp³-hybridized carbons (Fsp3) is 0.485. The van der Waals surface area contributed by atoms with Crippen LogP contribution in [-0.2, 0) is 22.5 Å². The Balaban J connectivity index is 1.27. The number of carbonyl (C=O) groups is 1. The fourth-order valence-corrected chi connectivity index (χ4v) is 6.36. The molecule has 2 saturated heterocycles. The maximum absolute atomic E-state index is 13.9. The van der Waals surface area contributed by atoms with Crippen molar-refractivity contribution in [2.75, 3.05) is 82.7 Å². The van der Waals surface area contributed by atoms with E-state index in [2.05, 4.69) is 43.9 Å². The summed E-state index contributed by atoms with van der Waals surface area (Å²) in [6, 6.07) is 12.8. The molecule has 11 heteroatoms. The van der Waals surface area contributed by atoms with Gasteiger partial charge in [0, 0.05) is 81.8 Å². The Kier molecular flexibility index (Phi) is 9.72. The van der Waals surface area contributed by atoms with E-state index < -0.39 is 6.17 Å². The molecule has 2 aromatic carbocycles. The highest BCUT2D eigenvalue weighted by Gasteiger charge is 2.28. The summed E-state index contributed by atoms with van der Waals surface area (Å²) in [5.74, 6) is 1.68. The van der Waals surface area contributed by atoms with Gasteiger partial charge in [-0.2, -0.15) is 9.97 Å². The van der Waals surface area contributed by atoms with Gasteiger partial charge in [0.05, 0.1) is 12.2 Å². The minimum atomic E-state index is -0.768. The third kappa shape index (κ3) is 7.05. The summed E-state index contributed by atoms with van der Waals surface area (Å²) in [5.41, 5.74) is 3.19. The number of likely N-dealkylation sites (tertiary alicyclic amines) is 1. The van der Waals surface area contributed by atoms with Crippen molar-refractivity contribution in [2.24, 2.45) is 0 Å². The Labute approximate surface area is 258 Å². The third-order valence-electron chi connectivity index (χ3n) is 8.60. The molecule has 0 spiro atoms. The Hall–Kier alpha value is -3.96. The van der Waals surface area contributed by atoms with Gasteiger partial charge in [0.25, 0.3) is 0 Å². The molecule has 3 aliphatic heterocycles. The van der Waals surface area contributed by atoms with Crippen LogP contribution in [0.5, 0.6) is 11.8 Å². The molecule has 2 fully saturated rings. The minimum Gasteiger partial charge on any atom is -0.467 e. The first-order valence-corrected chi connectivity index (χ1v) is 15.5. The molecule has 10 nitrogen and oxygen atoms in total. The lowest BCUT2D eigenvalue weighted by Gasteiger charge is -2.38. The van der Waals surface area contributed by atoms with E-state index in [0.717, 1.165) is 97.7 Å². The molecule has 3 aromatic rings. The van der Waals surface area contributed by atoms with Crippen molar-refractivity contribution in [1.29, 1.82) is 0 Å². The number of allylic oxidation sites excluding steroid dienone is 1. The van der Waals surface area contributed by atoms with Gasteiger partial charge in [-0.05, 0) is 43.3 Å². The Morgan fingerprint density at radius 3 is 2.70 bits per heavy atom. The molecule has 1 atom stereocenters. The number of halogens is 1. The van der Waals surface area contributed by atoms with E-state index in [9.17, 15) is 9.18 Å². The van der Waals surface area contributed by atoms with E-state index in [-0.39, 0.29) is 6.79 Å². The van der Waals surface area contributed by atoms with Crippen LogP contribution in [0.4, 0.5) is 15.9 Å². The van der Waals surface area contributed by atoms with Crippen molar-refractivity contribution in [3.8, 4) is 11.8 Å². The number of anilines is 2. The number of methoxy groups -OCH3 is 1. The SMILES string of the molecule is COCOc1cc(N2CCc3c(nc(OCCN4CCC[C@@H](F)C4)nc3N3CCN(C=CC=O)CC3)C2)c2ccccc2c1. The van der Waals surface area contributed by atoms with Crippen LogP contribution in [0.3, 0.4) is 0 Å². The first-order chi connectivity index (χ1) is 21.6. The van der Waals surface area contributed by atoms with Crippen LogP contribution in [0.15, 0.2) is 48.7 Å². The van der Waals surface area contributed by atoms with Crippen molar-refractivity contribution in [2.45, 2.75) is 32.0 Å². The van der Waals surface area contributed by atoms with Gasteiger partial charge in [-0.25, -0.2) is 4.39 Å². The Bertz CT molecular complexity index is 1460. The Morgan fingerprint density at radius 1 is 1.02 bits per heavy atom. The summed E-state index contributed by atoms with van der Waals surface area (Å²) in [5, 5.41) is 2.25. The van der Waals surface area contributed by atoms with Gasteiger partial charge in [0.15, 0.2) is 6.79 Å². The predicted molar refractivity (Wildman–Crippen MR) is 168 cm³/mol. The highest BCUT2D eigenvalue weighted by Crippen LogP contribution is 2.37. The second-order valence-electron chi connectivity index (χ2n) is 11.5. The summed E-state index contributed by atoms with van der Waals surface area (Å²) in [6.07, 6.45) is 5.73. The largest absolute Gasteiger partial charge is 0.467 e. The van der Waals surface area contributed by atoms with Crippen LogP contribution in [0.1, 0.15) is 24.1 Å². The molecule has 6 rings (SSSR count). The average Bonchev–Trinajstić information content (AvgIpc) is 3.05. The number of benzene rings is 2. The summed E-state index contributed by atoms with van der Waals surface area (Å²) in [6.45, 7) is 7.15. The number of aldehydes is 1. The first-order valence-electron chi connectivity index (χ1n) is 15.5. The van der Waals surface area contributed by atoms with Crippen LogP contribution in [0.2, 0.25) is 0 Å². The third-order valence-corrected chi connectivity index (χ3v) is 8.60. The maximum atomic E-state index is 13.9. The molecule has 44 heavy (non-hydrogen) atoms. The summed E-state index contributed by atoms with van der Waals surface area (Å²) >= 11 is 0. The molecular formula is C33H41FN6O4. The molecule has 234 valence electrons. The predicted octanol–water partition coefficient (Wildman–Crippen LogP) is 3.82. The zero-order chi connectivity index (χ0) is 30.3. The van der Waals surface area contributed by atoms with Crippen LogP contribution in [0, 0.1) is 0 Å².